The third-order valence-corrected chi connectivity index (χ3v) is 2.73. The largest absolute Gasteiger partial charge is 0.301 e. The van der Waals surface area contributed by atoms with Crippen LogP contribution in [0.1, 0.15) is 32.0 Å². The van der Waals surface area contributed by atoms with Crippen molar-refractivity contribution in [2.45, 2.75) is 26.3 Å². The predicted octanol–water partition coefficient (Wildman–Crippen LogP) is 2.73. The van der Waals surface area contributed by atoms with Crippen LogP contribution in [0.4, 0.5) is 0 Å². The maximum Gasteiger partial charge on any atom is 0.0577 e. The van der Waals surface area contributed by atoms with Crippen LogP contribution in [0.25, 0.3) is 0 Å². The average molecular weight is 192 g/mol. The maximum absolute atomic E-state index is 4.43. The molecule has 2 heteroatoms. The molecule has 0 bridgehead atoms. The second kappa shape index (κ2) is 5.11. The van der Waals surface area contributed by atoms with Crippen molar-refractivity contribution in [1.82, 2.24) is 9.88 Å². The van der Waals surface area contributed by atoms with Gasteiger partial charge in [-0.2, -0.15) is 0 Å². The van der Waals surface area contributed by atoms with E-state index in [0.29, 0.717) is 12.0 Å². The van der Waals surface area contributed by atoms with Crippen LogP contribution in [0.15, 0.2) is 24.4 Å². The molecular formula is C12H20N2. The molecular weight excluding hydrogens is 172 g/mol. The van der Waals surface area contributed by atoms with Crippen molar-refractivity contribution in [1.29, 1.82) is 0 Å². The summed E-state index contributed by atoms with van der Waals surface area (Å²) in [5.41, 5.74) is 1.17. The molecule has 0 fully saturated rings. The van der Waals surface area contributed by atoms with E-state index in [-0.39, 0.29) is 0 Å². The van der Waals surface area contributed by atoms with E-state index in [0.717, 1.165) is 0 Å². The molecule has 0 aromatic carbocycles. The zero-order valence-electron chi connectivity index (χ0n) is 9.57. The number of rotatable bonds is 4. The summed E-state index contributed by atoms with van der Waals surface area (Å²) in [5, 5.41) is 0. The molecule has 1 heterocycles. The van der Waals surface area contributed by atoms with Gasteiger partial charge in [-0.1, -0.05) is 26.3 Å². The summed E-state index contributed by atoms with van der Waals surface area (Å²) in [5.74, 6) is 0.639. The van der Waals surface area contributed by atoms with E-state index in [4.69, 9.17) is 0 Å². The Kier molecular flexibility index (Phi) is 4.08. The Morgan fingerprint density at radius 3 is 2.50 bits per heavy atom. The van der Waals surface area contributed by atoms with Crippen molar-refractivity contribution < 1.29 is 0 Å². The summed E-state index contributed by atoms with van der Waals surface area (Å²) in [4.78, 5) is 6.67. The van der Waals surface area contributed by atoms with Gasteiger partial charge < -0.3 is 4.90 Å². The molecule has 1 aromatic heterocycles. The van der Waals surface area contributed by atoms with Crippen molar-refractivity contribution in [2.24, 2.45) is 5.92 Å². The summed E-state index contributed by atoms with van der Waals surface area (Å²) in [6.07, 6.45) is 3.05. The molecule has 78 valence electrons. The first-order valence-corrected chi connectivity index (χ1v) is 5.24. The van der Waals surface area contributed by atoms with Gasteiger partial charge in [0.2, 0.25) is 0 Å². The standard InChI is InChI=1S/C12H20N2/c1-5-10(2)12(14(3)4)11-8-6-7-9-13-11/h6-10,12H,5H2,1-4H3/t10?,12-/m0/s1. The summed E-state index contributed by atoms with van der Waals surface area (Å²) >= 11 is 0. The molecule has 1 unspecified atom stereocenters. The Hall–Kier alpha value is -0.890. The Balaban J connectivity index is 2.89. The first-order chi connectivity index (χ1) is 6.66. The first kappa shape index (κ1) is 11.2. The van der Waals surface area contributed by atoms with Crippen LogP contribution in [-0.4, -0.2) is 24.0 Å². The highest BCUT2D eigenvalue weighted by Gasteiger charge is 2.20. The topological polar surface area (TPSA) is 16.1 Å². The van der Waals surface area contributed by atoms with Gasteiger partial charge in [0.15, 0.2) is 0 Å². The lowest BCUT2D eigenvalue weighted by molar-refractivity contribution is 0.214. The molecule has 0 saturated heterocycles. The molecule has 0 radical (unpaired) electrons. The molecule has 0 aliphatic carbocycles. The molecule has 0 spiro atoms. The molecule has 0 saturated carbocycles. The average Bonchev–Trinajstić information content (AvgIpc) is 2.19. The number of pyridine rings is 1. The van der Waals surface area contributed by atoms with Crippen LogP contribution in [0.3, 0.4) is 0 Å². The Morgan fingerprint density at radius 1 is 1.36 bits per heavy atom. The summed E-state index contributed by atoms with van der Waals surface area (Å²) < 4.78 is 0. The Morgan fingerprint density at radius 2 is 2.07 bits per heavy atom. The molecule has 2 atom stereocenters. The monoisotopic (exact) mass is 192 g/mol. The van der Waals surface area contributed by atoms with E-state index in [1.165, 1.54) is 12.1 Å². The van der Waals surface area contributed by atoms with Gasteiger partial charge in [0.25, 0.3) is 0 Å². The third kappa shape index (κ3) is 2.55. The minimum Gasteiger partial charge on any atom is -0.301 e. The Bertz CT molecular complexity index is 256. The molecule has 0 N–H and O–H groups in total. The third-order valence-electron chi connectivity index (χ3n) is 2.73. The van der Waals surface area contributed by atoms with Crippen molar-refractivity contribution >= 4 is 0 Å². The molecule has 14 heavy (non-hydrogen) atoms. The highest BCUT2D eigenvalue weighted by molar-refractivity contribution is 5.09. The normalized spacial score (nSPS) is 15.5. The highest BCUT2D eigenvalue weighted by atomic mass is 15.1. The Labute approximate surface area is 87.0 Å². The molecule has 0 aliphatic heterocycles. The smallest absolute Gasteiger partial charge is 0.0577 e. The molecule has 0 amide bonds. The van der Waals surface area contributed by atoms with Crippen LogP contribution in [0.5, 0.6) is 0 Å². The lowest BCUT2D eigenvalue weighted by atomic mass is 9.95. The fourth-order valence-electron chi connectivity index (χ4n) is 1.84. The summed E-state index contributed by atoms with van der Waals surface area (Å²) in [6, 6.07) is 6.56. The minimum atomic E-state index is 0.432. The molecule has 2 nitrogen and oxygen atoms in total. The fraction of sp³-hybridized carbons (Fsp3) is 0.583. The van der Waals surface area contributed by atoms with E-state index in [9.17, 15) is 0 Å². The zero-order valence-corrected chi connectivity index (χ0v) is 9.57. The summed E-state index contributed by atoms with van der Waals surface area (Å²) in [7, 11) is 4.23. The van der Waals surface area contributed by atoms with E-state index < -0.39 is 0 Å². The second-order valence-corrected chi connectivity index (χ2v) is 4.05. The van der Waals surface area contributed by atoms with Crippen molar-refractivity contribution in [3.05, 3.63) is 30.1 Å². The van der Waals surface area contributed by atoms with Gasteiger partial charge in [0.1, 0.15) is 0 Å². The lowest BCUT2D eigenvalue weighted by Gasteiger charge is -2.28. The van der Waals surface area contributed by atoms with E-state index in [1.807, 2.05) is 12.3 Å². The van der Waals surface area contributed by atoms with Crippen LogP contribution in [0, 0.1) is 5.92 Å². The van der Waals surface area contributed by atoms with Crippen molar-refractivity contribution in [2.75, 3.05) is 14.1 Å². The van der Waals surface area contributed by atoms with Gasteiger partial charge in [-0.15, -0.1) is 0 Å². The van der Waals surface area contributed by atoms with Crippen molar-refractivity contribution in [3.63, 3.8) is 0 Å². The van der Waals surface area contributed by atoms with Crippen molar-refractivity contribution in [3.8, 4) is 0 Å². The fourth-order valence-corrected chi connectivity index (χ4v) is 1.84. The van der Waals surface area contributed by atoms with Gasteiger partial charge in [-0.05, 0) is 32.1 Å². The number of aromatic nitrogens is 1. The maximum atomic E-state index is 4.43. The van der Waals surface area contributed by atoms with Crippen LogP contribution < -0.4 is 0 Å². The number of hydrogen-bond acceptors (Lipinski definition) is 2. The highest BCUT2D eigenvalue weighted by Crippen LogP contribution is 2.26. The second-order valence-electron chi connectivity index (χ2n) is 4.05. The van der Waals surface area contributed by atoms with Crippen LogP contribution >= 0.6 is 0 Å². The zero-order chi connectivity index (χ0) is 10.6. The summed E-state index contributed by atoms with van der Waals surface area (Å²) in [6.45, 7) is 4.50. The van der Waals surface area contributed by atoms with Gasteiger partial charge in [-0.3, -0.25) is 4.98 Å². The minimum absolute atomic E-state index is 0.432. The molecule has 1 rings (SSSR count). The number of nitrogens with zero attached hydrogens (tertiary/aromatic N) is 2. The lowest BCUT2D eigenvalue weighted by Crippen LogP contribution is -2.26. The van der Waals surface area contributed by atoms with E-state index in [2.05, 4.69) is 50.0 Å². The molecule has 0 aliphatic rings. The van der Waals surface area contributed by atoms with E-state index >= 15 is 0 Å². The predicted molar refractivity (Wildman–Crippen MR) is 60.1 cm³/mol. The molecule has 1 aromatic rings. The SMILES string of the molecule is CCC(C)[C@@H](c1ccccn1)N(C)C. The quantitative estimate of drug-likeness (QED) is 0.729. The van der Waals surface area contributed by atoms with Crippen LogP contribution in [0.2, 0.25) is 0 Å². The van der Waals surface area contributed by atoms with Gasteiger partial charge >= 0.3 is 0 Å². The van der Waals surface area contributed by atoms with Crippen LogP contribution in [-0.2, 0) is 0 Å². The van der Waals surface area contributed by atoms with E-state index in [1.54, 1.807) is 0 Å². The number of hydrogen-bond donors (Lipinski definition) is 0. The van der Waals surface area contributed by atoms with Gasteiger partial charge in [-0.25, -0.2) is 0 Å². The van der Waals surface area contributed by atoms with Gasteiger partial charge in [0.05, 0.1) is 11.7 Å². The van der Waals surface area contributed by atoms with Gasteiger partial charge in [0, 0.05) is 6.20 Å². The first-order valence-electron chi connectivity index (χ1n) is 5.24.